The molecule has 73 heavy (non-hydrogen) atoms. The summed E-state index contributed by atoms with van der Waals surface area (Å²) >= 11 is 0. The molecule has 0 spiro atoms. The number of fused-ring (bicyclic) bond motifs is 1. The largest absolute Gasteiger partial charge is 0.497 e. The van der Waals surface area contributed by atoms with Gasteiger partial charge in [-0.2, -0.15) is 0 Å². The standard InChI is InChI=1S/C57H63N7O9/c1-56(2,3)72-54(69)61-48(36-16-10-8-11-17-36)52(67)63-32-14-20-44(63)50(65)58-39-26-22-38(23-27-39)47-46(35-24-29-41(71-7)30-25-35)42-34-40(28-31-43(42)60-47)59-51(66)45-21-15-33-64(45)53(68)49(37-18-12-9-13-19-37)62-55(70)73-57(4,5)6/h8-13,16-19,22-31,34,44-45,48-49,60H,14-15,20-21,32-33H2,1-7H3,(H,58,65)(H,59,66)(H,61,69)(H,62,70)/t44-,45-,48+,49+/m0/s1. The molecule has 2 aliphatic rings. The molecular weight excluding hydrogens is 927 g/mol. The molecule has 2 saturated heterocycles. The Morgan fingerprint density at radius 2 is 1.03 bits per heavy atom. The Morgan fingerprint density at radius 3 is 1.49 bits per heavy atom. The van der Waals surface area contributed by atoms with Gasteiger partial charge in [0.2, 0.25) is 11.8 Å². The maximum Gasteiger partial charge on any atom is 0.408 e. The lowest BCUT2D eigenvalue weighted by molar-refractivity contribution is -0.138. The molecule has 0 unspecified atom stereocenters. The molecule has 0 bridgehead atoms. The average molecular weight is 990 g/mol. The highest BCUT2D eigenvalue weighted by atomic mass is 16.6. The van der Waals surface area contributed by atoms with Crippen molar-refractivity contribution in [1.82, 2.24) is 25.4 Å². The van der Waals surface area contributed by atoms with Crippen LogP contribution in [0.5, 0.6) is 5.75 Å². The van der Waals surface area contributed by atoms with Gasteiger partial charge in [-0.05, 0) is 132 Å². The second kappa shape index (κ2) is 21.7. The van der Waals surface area contributed by atoms with Crippen molar-refractivity contribution in [1.29, 1.82) is 0 Å². The van der Waals surface area contributed by atoms with Crippen molar-refractivity contribution < 1.29 is 43.0 Å². The Kier molecular flexibility index (Phi) is 15.2. The van der Waals surface area contributed by atoms with Crippen LogP contribution in [-0.4, -0.2) is 94.1 Å². The molecule has 5 N–H and O–H groups in total. The van der Waals surface area contributed by atoms with Gasteiger partial charge in [0.25, 0.3) is 11.8 Å². The van der Waals surface area contributed by atoms with Crippen LogP contribution in [0.25, 0.3) is 33.3 Å². The Hall–Kier alpha value is -8.14. The van der Waals surface area contributed by atoms with Crippen LogP contribution in [0.1, 0.15) is 90.4 Å². The van der Waals surface area contributed by atoms with Crippen LogP contribution in [0.15, 0.2) is 127 Å². The zero-order chi connectivity index (χ0) is 52.0. The van der Waals surface area contributed by atoms with E-state index < -0.39 is 59.4 Å². The quantitative estimate of drug-likeness (QED) is 0.0747. The zero-order valence-corrected chi connectivity index (χ0v) is 42.2. The molecule has 4 atom stereocenters. The number of hydrogen-bond acceptors (Lipinski definition) is 9. The number of carbonyl (C=O) groups excluding carboxylic acids is 6. The Labute approximate surface area is 425 Å². The van der Waals surface area contributed by atoms with E-state index in [1.165, 1.54) is 9.80 Å². The van der Waals surface area contributed by atoms with Gasteiger partial charge in [-0.25, -0.2) is 9.59 Å². The first-order valence-corrected chi connectivity index (χ1v) is 24.6. The molecule has 2 aliphatic heterocycles. The number of H-pyrrole nitrogens is 1. The summed E-state index contributed by atoms with van der Waals surface area (Å²) in [5, 5.41) is 12.4. The zero-order valence-electron chi connectivity index (χ0n) is 42.2. The van der Waals surface area contributed by atoms with Crippen molar-refractivity contribution in [3.8, 4) is 28.1 Å². The van der Waals surface area contributed by atoms with E-state index in [9.17, 15) is 28.8 Å². The van der Waals surface area contributed by atoms with Gasteiger partial charge >= 0.3 is 12.2 Å². The van der Waals surface area contributed by atoms with Gasteiger partial charge in [-0.1, -0.05) is 84.9 Å². The minimum atomic E-state index is -1.07. The molecule has 6 aromatic rings. The summed E-state index contributed by atoms with van der Waals surface area (Å²) < 4.78 is 16.5. The summed E-state index contributed by atoms with van der Waals surface area (Å²) in [7, 11) is 1.60. The first kappa shape index (κ1) is 51.2. The third-order valence-corrected chi connectivity index (χ3v) is 12.6. The number of rotatable bonds is 13. The van der Waals surface area contributed by atoms with Gasteiger partial charge in [0, 0.05) is 40.9 Å². The minimum Gasteiger partial charge on any atom is -0.497 e. The van der Waals surface area contributed by atoms with Gasteiger partial charge in [-0.3, -0.25) is 19.2 Å². The molecule has 380 valence electrons. The van der Waals surface area contributed by atoms with Gasteiger partial charge < -0.3 is 50.3 Å². The molecule has 0 saturated carbocycles. The van der Waals surface area contributed by atoms with Crippen LogP contribution < -0.4 is 26.0 Å². The number of aromatic amines is 1. The summed E-state index contributed by atoms with van der Waals surface area (Å²) in [6.07, 6.45) is 0.625. The second-order valence-corrected chi connectivity index (χ2v) is 20.3. The number of hydrogen-bond donors (Lipinski definition) is 5. The van der Waals surface area contributed by atoms with E-state index in [0.29, 0.717) is 67.0 Å². The van der Waals surface area contributed by atoms with Crippen molar-refractivity contribution in [3.63, 3.8) is 0 Å². The van der Waals surface area contributed by atoms with E-state index in [-0.39, 0.29) is 11.8 Å². The summed E-state index contributed by atoms with van der Waals surface area (Å²) in [5.74, 6) is -0.838. The van der Waals surface area contributed by atoms with Crippen molar-refractivity contribution >= 4 is 58.1 Å². The van der Waals surface area contributed by atoms with Gasteiger partial charge in [0.1, 0.15) is 41.1 Å². The summed E-state index contributed by atoms with van der Waals surface area (Å²) in [6, 6.07) is 34.8. The molecule has 0 radical (unpaired) electrons. The number of anilines is 2. The smallest absolute Gasteiger partial charge is 0.408 e. The molecular formula is C57H63N7O9. The number of likely N-dealkylation sites (tertiary alicyclic amines) is 2. The molecule has 16 nitrogen and oxygen atoms in total. The third-order valence-electron chi connectivity index (χ3n) is 12.6. The lowest BCUT2D eigenvalue weighted by atomic mass is 9.98. The van der Waals surface area contributed by atoms with Gasteiger partial charge in [-0.15, -0.1) is 0 Å². The van der Waals surface area contributed by atoms with Crippen molar-refractivity contribution in [2.45, 2.75) is 103 Å². The fourth-order valence-electron chi connectivity index (χ4n) is 9.37. The van der Waals surface area contributed by atoms with Crippen LogP contribution in [0, 0.1) is 0 Å². The monoisotopic (exact) mass is 989 g/mol. The predicted octanol–water partition coefficient (Wildman–Crippen LogP) is 9.90. The highest BCUT2D eigenvalue weighted by Gasteiger charge is 2.40. The highest BCUT2D eigenvalue weighted by molar-refractivity contribution is 6.07. The Balaban J connectivity index is 1.01. The highest BCUT2D eigenvalue weighted by Crippen LogP contribution is 2.41. The van der Waals surface area contributed by atoms with E-state index in [0.717, 1.165) is 33.3 Å². The van der Waals surface area contributed by atoms with Crippen LogP contribution in [-0.2, 0) is 28.7 Å². The van der Waals surface area contributed by atoms with E-state index >= 15 is 0 Å². The van der Waals surface area contributed by atoms with Crippen LogP contribution in [0.2, 0.25) is 0 Å². The first-order chi connectivity index (χ1) is 34.9. The number of nitrogens with one attached hydrogen (secondary N) is 5. The molecule has 3 heterocycles. The number of benzene rings is 5. The van der Waals surface area contributed by atoms with E-state index in [4.69, 9.17) is 14.2 Å². The van der Waals surface area contributed by atoms with E-state index in [1.54, 1.807) is 109 Å². The van der Waals surface area contributed by atoms with Crippen LogP contribution in [0.3, 0.4) is 0 Å². The first-order valence-electron chi connectivity index (χ1n) is 24.6. The molecule has 8 rings (SSSR count). The minimum absolute atomic E-state index is 0.337. The fourth-order valence-corrected chi connectivity index (χ4v) is 9.37. The number of ether oxygens (including phenoxy) is 3. The number of alkyl carbamates (subject to hydrolysis) is 2. The summed E-state index contributed by atoms with van der Waals surface area (Å²) in [5.41, 5.74) is 4.76. The van der Waals surface area contributed by atoms with Gasteiger partial charge in [0.05, 0.1) is 12.8 Å². The third kappa shape index (κ3) is 12.3. The molecule has 5 aromatic carbocycles. The van der Waals surface area contributed by atoms with Crippen molar-refractivity contribution in [2.75, 3.05) is 30.8 Å². The number of amides is 6. The lowest BCUT2D eigenvalue weighted by Gasteiger charge is -2.29. The number of methoxy groups -OCH3 is 1. The van der Waals surface area contributed by atoms with E-state index in [2.05, 4.69) is 26.3 Å². The summed E-state index contributed by atoms with van der Waals surface area (Å²) in [6.45, 7) is 11.2. The number of carbonyl (C=O) groups is 6. The SMILES string of the molecule is COc1ccc(-c2c(-c3ccc(NC(=O)[C@@H]4CCCN4C(=O)[C@H](NC(=O)OC(C)(C)C)c4ccccc4)cc3)[nH]c3ccc(NC(=O)[C@@H]4CCCN4C(=O)[C@H](NC(=O)OC(C)(C)C)c4ccccc4)cc23)cc1. The molecule has 16 heteroatoms. The average Bonchev–Trinajstić information content (AvgIpc) is 4.14. The topological polar surface area (TPSA) is 200 Å². The van der Waals surface area contributed by atoms with E-state index in [1.807, 2.05) is 66.7 Å². The molecule has 2 fully saturated rings. The number of aromatic nitrogens is 1. The second-order valence-electron chi connectivity index (χ2n) is 20.3. The Morgan fingerprint density at radius 1 is 0.575 bits per heavy atom. The maximum absolute atomic E-state index is 14.3. The van der Waals surface area contributed by atoms with Crippen molar-refractivity contribution in [3.05, 3.63) is 139 Å². The lowest BCUT2D eigenvalue weighted by Crippen LogP contribution is -2.49. The predicted molar refractivity (Wildman–Crippen MR) is 280 cm³/mol. The van der Waals surface area contributed by atoms with Crippen LogP contribution in [0.4, 0.5) is 21.0 Å². The molecule has 6 amide bonds. The van der Waals surface area contributed by atoms with Crippen molar-refractivity contribution in [2.24, 2.45) is 0 Å². The molecule has 0 aliphatic carbocycles. The summed E-state index contributed by atoms with van der Waals surface area (Å²) in [4.78, 5) is 89.2. The normalized spacial score (nSPS) is 16.5. The maximum atomic E-state index is 14.3. The van der Waals surface area contributed by atoms with Gasteiger partial charge in [0.15, 0.2) is 0 Å². The number of nitrogens with zero attached hydrogens (tertiary/aromatic N) is 2. The van der Waals surface area contributed by atoms with Crippen LogP contribution >= 0.6 is 0 Å². The fraction of sp³-hybridized carbons (Fsp3) is 0.333. The molecule has 1 aromatic heterocycles. The Bertz CT molecular complexity index is 2960.